The number of anilines is 1. The van der Waals surface area contributed by atoms with Crippen LogP contribution >= 0.6 is 0 Å². The predicted octanol–water partition coefficient (Wildman–Crippen LogP) is 1.60. The highest BCUT2D eigenvalue weighted by molar-refractivity contribution is 5.93. The van der Waals surface area contributed by atoms with E-state index < -0.39 is 0 Å². The Kier molecular flexibility index (Phi) is 5.29. The fourth-order valence-electron chi connectivity index (χ4n) is 2.21. The number of amides is 1. The third kappa shape index (κ3) is 4.18. The fraction of sp³-hybridized carbons (Fsp3) is 0.222. The fourth-order valence-corrected chi connectivity index (χ4v) is 2.21. The van der Waals surface area contributed by atoms with Gasteiger partial charge in [-0.2, -0.15) is 5.26 Å². The van der Waals surface area contributed by atoms with Crippen LogP contribution in [0.1, 0.15) is 18.1 Å². The van der Waals surface area contributed by atoms with Gasteiger partial charge in [0.05, 0.1) is 18.7 Å². The van der Waals surface area contributed by atoms with Crippen LogP contribution in [-0.4, -0.2) is 19.0 Å². The molecule has 0 heterocycles. The van der Waals surface area contributed by atoms with Gasteiger partial charge < -0.3 is 10.2 Å². The van der Waals surface area contributed by atoms with E-state index >= 15 is 0 Å². The molecule has 4 heteroatoms. The summed E-state index contributed by atoms with van der Waals surface area (Å²) in [4.78, 5) is 13.4. The molecule has 2 atom stereocenters. The van der Waals surface area contributed by atoms with E-state index in [4.69, 9.17) is 5.26 Å². The molecular weight excluding hydrogens is 274 g/mol. The van der Waals surface area contributed by atoms with E-state index in [1.807, 2.05) is 32.2 Å². The molecule has 4 nitrogen and oxygen atoms in total. The number of rotatable bonds is 5. The van der Waals surface area contributed by atoms with Gasteiger partial charge in [-0.15, -0.1) is 0 Å². The largest absolute Gasteiger partial charge is 0.324 e. The maximum atomic E-state index is 12.3. The van der Waals surface area contributed by atoms with Crippen LogP contribution in [0.3, 0.4) is 0 Å². The van der Waals surface area contributed by atoms with E-state index in [-0.39, 0.29) is 11.9 Å². The highest BCUT2D eigenvalue weighted by Crippen LogP contribution is 2.09. The van der Waals surface area contributed by atoms with Crippen molar-refractivity contribution in [1.29, 1.82) is 5.26 Å². The van der Waals surface area contributed by atoms with Crippen LogP contribution < -0.4 is 10.2 Å². The van der Waals surface area contributed by atoms with Crippen molar-refractivity contribution in [2.24, 2.45) is 0 Å². The highest BCUT2D eigenvalue weighted by atomic mass is 16.2. The number of carbonyl (C=O) groups excluding carboxylic acids is 1. The van der Waals surface area contributed by atoms with E-state index in [0.717, 1.165) is 11.4 Å². The molecule has 0 fully saturated rings. The van der Waals surface area contributed by atoms with Crippen LogP contribution in [0.2, 0.25) is 0 Å². The van der Waals surface area contributed by atoms with E-state index in [9.17, 15) is 4.79 Å². The molecule has 1 amide bonds. The maximum Gasteiger partial charge on any atom is 0.282 e. The van der Waals surface area contributed by atoms with Crippen LogP contribution in [0, 0.1) is 11.3 Å². The van der Waals surface area contributed by atoms with Crippen molar-refractivity contribution in [3.8, 4) is 6.07 Å². The van der Waals surface area contributed by atoms with Crippen molar-refractivity contribution in [2.45, 2.75) is 19.5 Å². The normalized spacial score (nSPS) is 13.0. The van der Waals surface area contributed by atoms with Gasteiger partial charge in [-0.3, -0.25) is 4.79 Å². The summed E-state index contributed by atoms with van der Waals surface area (Å²) in [5.74, 6) is -0.0523. The molecule has 0 aliphatic carbocycles. The average molecular weight is 294 g/mol. The topological polar surface area (TPSA) is 57.3 Å². The van der Waals surface area contributed by atoms with Crippen LogP contribution in [0.25, 0.3) is 0 Å². The summed E-state index contributed by atoms with van der Waals surface area (Å²) in [5, 5.41) is 11.8. The van der Waals surface area contributed by atoms with Crippen molar-refractivity contribution in [1.82, 2.24) is 0 Å². The van der Waals surface area contributed by atoms with Gasteiger partial charge in [0.2, 0.25) is 0 Å². The lowest BCUT2D eigenvalue weighted by molar-refractivity contribution is -0.907. The second kappa shape index (κ2) is 7.39. The molecule has 112 valence electrons. The highest BCUT2D eigenvalue weighted by Gasteiger charge is 2.22. The van der Waals surface area contributed by atoms with E-state index in [1.165, 1.54) is 5.56 Å². The second-order valence-corrected chi connectivity index (χ2v) is 5.41. The Morgan fingerprint density at radius 2 is 1.95 bits per heavy atom. The van der Waals surface area contributed by atoms with Gasteiger partial charge >= 0.3 is 0 Å². The van der Waals surface area contributed by atoms with E-state index in [1.54, 1.807) is 24.3 Å². The second-order valence-electron chi connectivity index (χ2n) is 5.41. The number of quaternary nitrogens is 1. The molecule has 22 heavy (non-hydrogen) atoms. The Labute approximate surface area is 131 Å². The lowest BCUT2D eigenvalue weighted by atomic mass is 10.1. The number of nitrogens with zero attached hydrogens (tertiary/aromatic N) is 1. The van der Waals surface area contributed by atoms with Gasteiger partial charge in [-0.1, -0.05) is 36.4 Å². The molecule has 0 aromatic heterocycles. The zero-order valence-corrected chi connectivity index (χ0v) is 12.8. The number of hydrogen-bond donors (Lipinski definition) is 2. The minimum Gasteiger partial charge on any atom is -0.324 e. The van der Waals surface area contributed by atoms with Gasteiger partial charge in [0.15, 0.2) is 6.04 Å². The molecule has 0 aliphatic rings. The Morgan fingerprint density at radius 3 is 2.64 bits per heavy atom. The summed E-state index contributed by atoms with van der Waals surface area (Å²) < 4.78 is 0. The number of likely N-dealkylation sites (N-methyl/N-ethyl adjacent to an activating group) is 1. The molecule has 0 bridgehead atoms. The summed E-state index contributed by atoms with van der Waals surface area (Å²) in [6.07, 6.45) is 0. The minimum atomic E-state index is -0.189. The molecule has 2 rings (SSSR count). The first-order valence-corrected chi connectivity index (χ1v) is 7.27. The van der Waals surface area contributed by atoms with Crippen LogP contribution in [0.4, 0.5) is 5.69 Å². The van der Waals surface area contributed by atoms with Crippen LogP contribution in [0.5, 0.6) is 0 Å². The first kappa shape index (κ1) is 15.7. The van der Waals surface area contributed by atoms with E-state index in [0.29, 0.717) is 11.3 Å². The minimum absolute atomic E-state index is 0.0523. The van der Waals surface area contributed by atoms with Crippen molar-refractivity contribution < 1.29 is 9.69 Å². The number of nitrogens with one attached hydrogen (secondary N) is 2. The van der Waals surface area contributed by atoms with Crippen molar-refractivity contribution in [3.05, 3.63) is 65.7 Å². The molecule has 0 saturated heterocycles. The number of carbonyl (C=O) groups is 1. The third-order valence-corrected chi connectivity index (χ3v) is 3.72. The Morgan fingerprint density at radius 1 is 1.23 bits per heavy atom. The van der Waals surface area contributed by atoms with Crippen molar-refractivity contribution >= 4 is 11.6 Å². The molecule has 0 saturated carbocycles. The molecule has 2 aromatic rings. The smallest absolute Gasteiger partial charge is 0.282 e. The molecule has 1 unspecified atom stereocenters. The summed E-state index contributed by atoms with van der Waals surface area (Å²) in [6, 6.07) is 18.9. The third-order valence-electron chi connectivity index (χ3n) is 3.72. The van der Waals surface area contributed by atoms with Gasteiger partial charge in [-0.05, 0) is 25.1 Å². The van der Waals surface area contributed by atoms with Gasteiger partial charge in [-0.25, -0.2) is 0 Å². The lowest BCUT2D eigenvalue weighted by Gasteiger charge is -2.21. The number of hydrogen-bond acceptors (Lipinski definition) is 2. The van der Waals surface area contributed by atoms with Gasteiger partial charge in [0, 0.05) is 11.3 Å². The molecule has 2 aromatic carbocycles. The zero-order chi connectivity index (χ0) is 15.9. The van der Waals surface area contributed by atoms with Gasteiger partial charge in [0.1, 0.15) is 6.54 Å². The Bertz CT molecular complexity index is 676. The monoisotopic (exact) mass is 294 g/mol. The molecule has 0 radical (unpaired) electrons. The molecule has 0 spiro atoms. The predicted molar refractivity (Wildman–Crippen MR) is 86.3 cm³/mol. The lowest BCUT2D eigenvalue weighted by Crippen LogP contribution is -3.12. The molecule has 0 aliphatic heterocycles. The van der Waals surface area contributed by atoms with Gasteiger partial charge in [0.25, 0.3) is 5.91 Å². The summed E-state index contributed by atoms with van der Waals surface area (Å²) >= 11 is 0. The van der Waals surface area contributed by atoms with Crippen LogP contribution in [0.15, 0.2) is 54.6 Å². The first-order chi connectivity index (χ1) is 10.6. The quantitative estimate of drug-likeness (QED) is 0.880. The zero-order valence-electron chi connectivity index (χ0n) is 12.8. The Hall–Kier alpha value is -2.64. The van der Waals surface area contributed by atoms with Crippen LogP contribution in [-0.2, 0) is 11.3 Å². The van der Waals surface area contributed by atoms with Crippen molar-refractivity contribution in [3.63, 3.8) is 0 Å². The maximum absolute atomic E-state index is 12.3. The molecular formula is C18H20N3O+. The average Bonchev–Trinajstić information content (AvgIpc) is 2.55. The summed E-state index contributed by atoms with van der Waals surface area (Å²) in [6.45, 7) is 2.69. The molecule has 2 N–H and O–H groups in total. The number of nitriles is 1. The SMILES string of the molecule is C[C@H](C(=O)Nc1cccc(C#N)c1)[NH+](C)Cc1ccccc1. The first-order valence-electron chi connectivity index (χ1n) is 7.27. The summed E-state index contributed by atoms with van der Waals surface area (Å²) in [7, 11) is 2.00. The standard InChI is InChI=1S/C18H19N3O/c1-14(21(2)13-15-7-4-3-5-8-15)18(22)20-17-10-6-9-16(11-17)12-19/h3-11,14H,13H2,1-2H3,(H,20,22)/p+1/t14-/m1/s1. The summed E-state index contributed by atoms with van der Waals surface area (Å²) in [5.41, 5.74) is 2.39. The van der Waals surface area contributed by atoms with E-state index in [2.05, 4.69) is 23.5 Å². The Balaban J connectivity index is 1.98. The number of benzene rings is 2. The van der Waals surface area contributed by atoms with Crippen molar-refractivity contribution in [2.75, 3.05) is 12.4 Å².